The van der Waals surface area contributed by atoms with Gasteiger partial charge in [0.15, 0.2) is 0 Å². The molecule has 0 atom stereocenters. The molecule has 94 valence electrons. The molecule has 0 aliphatic carbocycles. The molecule has 3 rings (SSSR count). The number of rotatable bonds is 2. The summed E-state index contributed by atoms with van der Waals surface area (Å²) in [7, 11) is 0. The van der Waals surface area contributed by atoms with Gasteiger partial charge in [-0.2, -0.15) is 5.06 Å². The molecule has 1 aliphatic rings. The summed E-state index contributed by atoms with van der Waals surface area (Å²) in [4.78, 5) is 29.0. The molecule has 4 nitrogen and oxygen atoms in total. The van der Waals surface area contributed by atoms with Crippen LogP contribution in [0.5, 0.6) is 0 Å². The Bertz CT molecular complexity index is 637. The molecule has 4 heteroatoms. The summed E-state index contributed by atoms with van der Waals surface area (Å²) in [5.41, 5.74) is 1.88. The smallest absolute Gasteiger partial charge is 0.332 e. The second-order valence-electron chi connectivity index (χ2n) is 4.24. The second-order valence-corrected chi connectivity index (χ2v) is 4.24. The van der Waals surface area contributed by atoms with Gasteiger partial charge < -0.3 is 4.84 Å². The first-order valence-electron chi connectivity index (χ1n) is 5.93. The van der Waals surface area contributed by atoms with Crippen molar-refractivity contribution in [2.45, 2.75) is 6.54 Å². The number of fused-ring (bicyclic) bond motifs is 1. The zero-order chi connectivity index (χ0) is 13.2. The van der Waals surface area contributed by atoms with Crippen LogP contribution in [0.15, 0.2) is 54.6 Å². The maximum absolute atomic E-state index is 12.0. The Morgan fingerprint density at radius 2 is 1.68 bits per heavy atom. The quantitative estimate of drug-likeness (QED) is 0.825. The number of amides is 1. The summed E-state index contributed by atoms with van der Waals surface area (Å²) >= 11 is 0. The van der Waals surface area contributed by atoms with Gasteiger partial charge in [0.2, 0.25) is 0 Å². The minimum atomic E-state index is -0.526. The number of hydrogen-bond donors (Lipinski definition) is 0. The van der Waals surface area contributed by atoms with E-state index in [-0.39, 0.29) is 5.91 Å². The number of hydrogen-bond acceptors (Lipinski definition) is 3. The Labute approximate surface area is 110 Å². The van der Waals surface area contributed by atoms with Gasteiger partial charge in [-0.3, -0.25) is 4.79 Å². The predicted octanol–water partition coefficient (Wildman–Crippen LogP) is 2.41. The van der Waals surface area contributed by atoms with Gasteiger partial charge in [-0.25, -0.2) is 4.79 Å². The third-order valence-electron chi connectivity index (χ3n) is 2.99. The lowest BCUT2D eigenvalue weighted by Gasteiger charge is -2.14. The molecule has 0 aromatic heterocycles. The molecule has 0 N–H and O–H groups in total. The van der Waals surface area contributed by atoms with Crippen LogP contribution in [0.3, 0.4) is 0 Å². The van der Waals surface area contributed by atoms with Crippen molar-refractivity contribution in [3.63, 3.8) is 0 Å². The van der Waals surface area contributed by atoms with Crippen molar-refractivity contribution in [3.05, 3.63) is 71.3 Å². The minimum absolute atomic E-state index is 0.278. The van der Waals surface area contributed by atoms with Gasteiger partial charge in [0, 0.05) is 5.56 Å². The summed E-state index contributed by atoms with van der Waals surface area (Å²) in [6.07, 6.45) is 0. The van der Waals surface area contributed by atoms with Crippen molar-refractivity contribution < 1.29 is 14.4 Å². The Kier molecular flexibility index (Phi) is 2.76. The van der Waals surface area contributed by atoms with Crippen molar-refractivity contribution in [1.29, 1.82) is 0 Å². The van der Waals surface area contributed by atoms with E-state index in [0.717, 1.165) is 10.6 Å². The minimum Gasteiger partial charge on any atom is -0.332 e. The lowest BCUT2D eigenvalue weighted by molar-refractivity contribution is -0.0818. The van der Waals surface area contributed by atoms with E-state index in [4.69, 9.17) is 4.84 Å². The summed E-state index contributed by atoms with van der Waals surface area (Å²) in [6, 6.07) is 15.8. The Hall–Kier alpha value is -2.62. The molecule has 0 saturated heterocycles. The van der Waals surface area contributed by atoms with Crippen LogP contribution in [0.2, 0.25) is 0 Å². The van der Waals surface area contributed by atoms with Crippen LogP contribution < -0.4 is 0 Å². The molecule has 1 amide bonds. The average Bonchev–Trinajstić information content (AvgIpc) is 2.77. The molecule has 1 aliphatic heterocycles. The largest absolute Gasteiger partial charge is 0.363 e. The van der Waals surface area contributed by atoms with Gasteiger partial charge in [0.1, 0.15) is 0 Å². The Morgan fingerprint density at radius 1 is 1.00 bits per heavy atom. The molecule has 2 aromatic rings. The van der Waals surface area contributed by atoms with Gasteiger partial charge >= 0.3 is 5.97 Å². The SMILES string of the molecule is O=C(ON1Cc2ccccc2C1=O)c1ccccc1. The van der Waals surface area contributed by atoms with Crippen LogP contribution in [0, 0.1) is 0 Å². The Balaban J connectivity index is 1.77. The van der Waals surface area contributed by atoms with E-state index in [1.807, 2.05) is 18.2 Å². The van der Waals surface area contributed by atoms with Crippen LogP contribution in [0.25, 0.3) is 0 Å². The lowest BCUT2D eigenvalue weighted by Crippen LogP contribution is -2.27. The number of nitrogens with zero attached hydrogens (tertiary/aromatic N) is 1. The third-order valence-corrected chi connectivity index (χ3v) is 2.99. The van der Waals surface area contributed by atoms with Crippen molar-refractivity contribution >= 4 is 11.9 Å². The van der Waals surface area contributed by atoms with Crippen molar-refractivity contribution in [1.82, 2.24) is 5.06 Å². The molecule has 0 saturated carbocycles. The van der Waals surface area contributed by atoms with Crippen LogP contribution >= 0.6 is 0 Å². The van der Waals surface area contributed by atoms with Gasteiger partial charge in [0.05, 0.1) is 12.1 Å². The fourth-order valence-electron chi connectivity index (χ4n) is 2.03. The van der Waals surface area contributed by atoms with E-state index in [1.165, 1.54) is 0 Å². The first-order chi connectivity index (χ1) is 9.25. The summed E-state index contributed by atoms with van der Waals surface area (Å²) < 4.78 is 0. The molecular formula is C15H11NO3. The van der Waals surface area contributed by atoms with Gasteiger partial charge in [-0.05, 0) is 23.8 Å². The van der Waals surface area contributed by atoms with Crippen LogP contribution in [0.4, 0.5) is 0 Å². The maximum Gasteiger partial charge on any atom is 0.363 e. The van der Waals surface area contributed by atoms with E-state index in [0.29, 0.717) is 17.7 Å². The van der Waals surface area contributed by atoms with E-state index in [1.54, 1.807) is 36.4 Å². The number of carbonyl (C=O) groups is 2. The van der Waals surface area contributed by atoms with Gasteiger partial charge in [0.25, 0.3) is 5.91 Å². The maximum atomic E-state index is 12.0. The monoisotopic (exact) mass is 253 g/mol. The highest BCUT2D eigenvalue weighted by molar-refractivity contribution is 5.99. The van der Waals surface area contributed by atoms with E-state index < -0.39 is 5.97 Å². The van der Waals surface area contributed by atoms with Gasteiger partial charge in [-0.1, -0.05) is 36.4 Å². The topological polar surface area (TPSA) is 46.6 Å². The fourth-order valence-corrected chi connectivity index (χ4v) is 2.03. The first-order valence-corrected chi connectivity index (χ1v) is 5.93. The zero-order valence-corrected chi connectivity index (χ0v) is 10.1. The molecule has 0 unspecified atom stereocenters. The second kappa shape index (κ2) is 4.57. The number of carbonyl (C=O) groups excluding carboxylic acids is 2. The molecule has 0 bridgehead atoms. The molecule has 2 aromatic carbocycles. The zero-order valence-electron chi connectivity index (χ0n) is 10.1. The summed E-state index contributed by atoms with van der Waals surface area (Å²) in [5, 5.41) is 1.10. The highest BCUT2D eigenvalue weighted by Crippen LogP contribution is 2.23. The molecule has 0 spiro atoms. The number of hydroxylamine groups is 2. The standard InChI is InChI=1S/C15H11NO3/c17-14-13-9-5-4-8-12(13)10-16(14)19-15(18)11-6-2-1-3-7-11/h1-9H,10H2. The van der Waals surface area contributed by atoms with Crippen molar-refractivity contribution in [3.8, 4) is 0 Å². The molecule has 0 fully saturated rings. The summed E-state index contributed by atoms with van der Waals surface area (Å²) in [6.45, 7) is 0.299. The van der Waals surface area contributed by atoms with Crippen LogP contribution in [0.1, 0.15) is 26.3 Å². The van der Waals surface area contributed by atoms with E-state index in [9.17, 15) is 9.59 Å². The molecule has 0 radical (unpaired) electrons. The van der Waals surface area contributed by atoms with E-state index >= 15 is 0 Å². The fraction of sp³-hybridized carbons (Fsp3) is 0.0667. The third kappa shape index (κ3) is 2.08. The average molecular weight is 253 g/mol. The van der Waals surface area contributed by atoms with Crippen molar-refractivity contribution in [2.24, 2.45) is 0 Å². The number of benzene rings is 2. The van der Waals surface area contributed by atoms with E-state index in [2.05, 4.69) is 0 Å². The highest BCUT2D eigenvalue weighted by Gasteiger charge is 2.30. The summed E-state index contributed by atoms with van der Waals surface area (Å²) in [5.74, 6) is -0.804. The van der Waals surface area contributed by atoms with Gasteiger partial charge in [-0.15, -0.1) is 0 Å². The molecular weight excluding hydrogens is 242 g/mol. The highest BCUT2D eigenvalue weighted by atomic mass is 16.7. The molecule has 19 heavy (non-hydrogen) atoms. The van der Waals surface area contributed by atoms with Crippen molar-refractivity contribution in [2.75, 3.05) is 0 Å². The molecule has 1 heterocycles. The Morgan fingerprint density at radius 3 is 2.42 bits per heavy atom. The normalized spacial score (nSPS) is 13.3. The lowest BCUT2D eigenvalue weighted by atomic mass is 10.1. The first kappa shape index (κ1) is 11.5. The predicted molar refractivity (Wildman–Crippen MR) is 68.2 cm³/mol. The van der Waals surface area contributed by atoms with Crippen LogP contribution in [-0.2, 0) is 11.4 Å². The van der Waals surface area contributed by atoms with Crippen LogP contribution in [-0.4, -0.2) is 16.9 Å².